The van der Waals surface area contributed by atoms with Crippen LogP contribution in [0.5, 0.6) is 0 Å². The lowest BCUT2D eigenvalue weighted by molar-refractivity contribution is 0.164. The lowest BCUT2D eigenvalue weighted by atomic mass is 10.0. The van der Waals surface area contributed by atoms with Crippen LogP contribution in [0, 0.1) is 11.6 Å². The monoisotopic (exact) mass is 339 g/mol. The maximum absolute atomic E-state index is 14.1. The average Bonchev–Trinajstić information content (AvgIpc) is 3.14. The molecule has 1 N–H and O–H groups in total. The van der Waals surface area contributed by atoms with Gasteiger partial charge in [-0.15, -0.1) is 0 Å². The van der Waals surface area contributed by atoms with Crippen LogP contribution in [-0.2, 0) is 17.7 Å². The van der Waals surface area contributed by atoms with Crippen molar-refractivity contribution in [2.24, 2.45) is 0 Å². The summed E-state index contributed by atoms with van der Waals surface area (Å²) in [6.45, 7) is 1.08. The molecular weight excluding hydrogens is 320 g/mol. The Morgan fingerprint density at radius 2 is 2.25 bits per heavy atom. The van der Waals surface area contributed by atoms with Gasteiger partial charge in [-0.1, -0.05) is 5.16 Å². The highest BCUT2D eigenvalue weighted by atomic mass is 19.1. The predicted molar refractivity (Wildman–Crippen MR) is 80.0 cm³/mol. The highest BCUT2D eigenvalue weighted by Crippen LogP contribution is 2.34. The first-order valence-electron chi connectivity index (χ1n) is 7.74. The topological polar surface area (TPSA) is 71.6 Å². The zero-order valence-electron chi connectivity index (χ0n) is 13.3. The molecule has 2 atom stereocenters. The van der Waals surface area contributed by atoms with Gasteiger partial charge in [0, 0.05) is 31.7 Å². The van der Waals surface area contributed by atoms with Crippen LogP contribution in [0.25, 0.3) is 0 Å². The van der Waals surface area contributed by atoms with Gasteiger partial charge < -0.3 is 14.4 Å². The van der Waals surface area contributed by atoms with Gasteiger partial charge >= 0.3 is 0 Å². The van der Waals surface area contributed by atoms with Crippen molar-refractivity contribution >= 4 is 0 Å². The lowest BCUT2D eigenvalue weighted by Crippen LogP contribution is -2.25. The average molecular weight is 339 g/mol. The van der Waals surface area contributed by atoms with E-state index in [0.29, 0.717) is 37.7 Å². The first kappa shape index (κ1) is 16.9. The summed E-state index contributed by atoms with van der Waals surface area (Å²) in [6.07, 6.45) is 0.240. The van der Waals surface area contributed by atoms with Gasteiger partial charge in [0.05, 0.1) is 19.3 Å². The van der Waals surface area contributed by atoms with Gasteiger partial charge in [0.1, 0.15) is 11.6 Å². The highest BCUT2D eigenvalue weighted by Gasteiger charge is 2.34. The molecule has 1 fully saturated rings. The Bertz CT molecular complexity index is 695. The van der Waals surface area contributed by atoms with Gasteiger partial charge in [-0.3, -0.25) is 4.90 Å². The van der Waals surface area contributed by atoms with Crippen molar-refractivity contribution in [3.05, 3.63) is 47.1 Å². The van der Waals surface area contributed by atoms with E-state index in [4.69, 9.17) is 9.26 Å². The van der Waals surface area contributed by atoms with E-state index >= 15 is 0 Å². The van der Waals surface area contributed by atoms with Crippen molar-refractivity contribution in [1.82, 2.24) is 15.0 Å². The summed E-state index contributed by atoms with van der Waals surface area (Å²) in [5.41, 5.74) is 0.227. The first-order valence-corrected chi connectivity index (χ1v) is 7.74. The van der Waals surface area contributed by atoms with Crippen molar-refractivity contribution in [3.8, 4) is 0 Å². The third-order valence-corrected chi connectivity index (χ3v) is 4.08. The van der Waals surface area contributed by atoms with E-state index in [-0.39, 0.29) is 12.1 Å². The molecule has 2 aromatic rings. The molecule has 130 valence electrons. The van der Waals surface area contributed by atoms with Gasteiger partial charge in [-0.05, 0) is 24.6 Å². The number of likely N-dealkylation sites (tertiary alicyclic amines) is 1. The highest BCUT2D eigenvalue weighted by molar-refractivity contribution is 5.24. The molecule has 1 aliphatic rings. The largest absolute Gasteiger partial charge is 0.392 e. The minimum absolute atomic E-state index is 0.227. The Morgan fingerprint density at radius 3 is 3.04 bits per heavy atom. The van der Waals surface area contributed by atoms with Crippen LogP contribution in [0.15, 0.2) is 22.7 Å². The van der Waals surface area contributed by atoms with E-state index < -0.39 is 23.8 Å². The number of aliphatic hydroxyl groups excluding tert-OH is 1. The number of methoxy groups -OCH3 is 1. The molecule has 0 aliphatic carbocycles. The molecule has 2 heterocycles. The predicted octanol–water partition coefficient (Wildman–Crippen LogP) is 1.84. The zero-order chi connectivity index (χ0) is 17.1. The Morgan fingerprint density at radius 1 is 1.42 bits per heavy atom. The Labute approximate surface area is 138 Å². The quantitative estimate of drug-likeness (QED) is 0.866. The fourth-order valence-electron chi connectivity index (χ4n) is 2.97. The maximum Gasteiger partial charge on any atom is 0.240 e. The lowest BCUT2D eigenvalue weighted by Gasteiger charge is -2.23. The summed E-state index contributed by atoms with van der Waals surface area (Å²) in [5.74, 6) is -0.101. The van der Waals surface area contributed by atoms with Crippen molar-refractivity contribution < 1.29 is 23.1 Å². The Balaban J connectivity index is 1.76. The normalized spacial score (nSPS) is 21.5. The van der Waals surface area contributed by atoms with Crippen LogP contribution in [0.4, 0.5) is 8.78 Å². The molecule has 0 spiro atoms. The number of aromatic nitrogens is 2. The van der Waals surface area contributed by atoms with E-state index in [1.807, 2.05) is 4.90 Å². The van der Waals surface area contributed by atoms with E-state index in [1.54, 1.807) is 7.11 Å². The second kappa shape index (κ2) is 7.33. The number of rotatable bonds is 6. The van der Waals surface area contributed by atoms with Crippen LogP contribution < -0.4 is 0 Å². The molecule has 1 aromatic carbocycles. The zero-order valence-corrected chi connectivity index (χ0v) is 13.3. The van der Waals surface area contributed by atoms with Gasteiger partial charge in [0.25, 0.3) is 0 Å². The molecule has 0 radical (unpaired) electrons. The minimum Gasteiger partial charge on any atom is -0.392 e. The van der Waals surface area contributed by atoms with Crippen LogP contribution >= 0.6 is 0 Å². The van der Waals surface area contributed by atoms with Gasteiger partial charge in [-0.25, -0.2) is 8.78 Å². The minimum atomic E-state index is -0.617. The number of ether oxygens (including phenoxy) is 1. The third-order valence-electron chi connectivity index (χ3n) is 4.08. The summed E-state index contributed by atoms with van der Waals surface area (Å²) < 4.78 is 37.7. The standard InChI is InChI=1S/C16H19F2N3O3/c1-23-5-4-15-19-16(24-20-15)9-21-8-11(22)7-14(21)12-6-10(17)2-3-13(12)18/h2-3,6,11,14,22H,4-5,7-9H2,1H3/t11-,14+/m1/s1. The molecule has 0 saturated carbocycles. The summed E-state index contributed by atoms with van der Waals surface area (Å²) >= 11 is 0. The van der Waals surface area contributed by atoms with E-state index in [2.05, 4.69) is 10.1 Å². The second-order valence-corrected chi connectivity index (χ2v) is 5.85. The van der Waals surface area contributed by atoms with Gasteiger partial charge in [0.15, 0.2) is 5.82 Å². The summed E-state index contributed by atoms with van der Waals surface area (Å²) in [7, 11) is 1.59. The number of hydrogen-bond acceptors (Lipinski definition) is 6. The first-order chi connectivity index (χ1) is 11.6. The fourth-order valence-corrected chi connectivity index (χ4v) is 2.97. The van der Waals surface area contributed by atoms with Crippen LogP contribution in [0.2, 0.25) is 0 Å². The molecule has 1 saturated heterocycles. The third kappa shape index (κ3) is 3.77. The number of halogens is 2. The van der Waals surface area contributed by atoms with Crippen molar-refractivity contribution in [1.29, 1.82) is 0 Å². The Hall–Kier alpha value is -1.90. The molecule has 6 nitrogen and oxygen atoms in total. The SMILES string of the molecule is COCCc1noc(CN2C[C@H](O)C[C@H]2c2cc(F)ccc2F)n1. The van der Waals surface area contributed by atoms with Gasteiger partial charge in [0.2, 0.25) is 5.89 Å². The molecule has 0 amide bonds. The molecule has 3 rings (SSSR count). The molecular formula is C16H19F2N3O3. The molecule has 8 heteroatoms. The van der Waals surface area contributed by atoms with Crippen LogP contribution in [0.3, 0.4) is 0 Å². The van der Waals surface area contributed by atoms with E-state index in [9.17, 15) is 13.9 Å². The number of nitrogens with zero attached hydrogens (tertiary/aromatic N) is 3. The Kier molecular flexibility index (Phi) is 5.17. The smallest absolute Gasteiger partial charge is 0.240 e. The molecule has 24 heavy (non-hydrogen) atoms. The fraction of sp³-hybridized carbons (Fsp3) is 0.500. The van der Waals surface area contributed by atoms with Crippen LogP contribution in [0.1, 0.15) is 29.7 Å². The molecule has 0 bridgehead atoms. The second-order valence-electron chi connectivity index (χ2n) is 5.85. The van der Waals surface area contributed by atoms with E-state index in [0.717, 1.165) is 12.1 Å². The molecule has 0 unspecified atom stereocenters. The van der Waals surface area contributed by atoms with Crippen molar-refractivity contribution in [2.45, 2.75) is 31.5 Å². The number of benzene rings is 1. The molecule has 1 aromatic heterocycles. The van der Waals surface area contributed by atoms with E-state index in [1.165, 1.54) is 6.07 Å². The number of aliphatic hydroxyl groups is 1. The summed E-state index contributed by atoms with van der Waals surface area (Å²) in [4.78, 5) is 6.07. The maximum atomic E-state index is 14.1. The van der Waals surface area contributed by atoms with Crippen molar-refractivity contribution in [3.63, 3.8) is 0 Å². The number of hydrogen-bond donors (Lipinski definition) is 1. The number of β-amino-alcohol motifs (C(OH)–C–C–N with tert-alkyl or cyclic N) is 1. The van der Waals surface area contributed by atoms with Crippen molar-refractivity contribution in [2.75, 3.05) is 20.3 Å². The van der Waals surface area contributed by atoms with Gasteiger partial charge in [-0.2, -0.15) is 4.98 Å². The summed E-state index contributed by atoms with van der Waals surface area (Å²) in [6, 6.07) is 2.91. The summed E-state index contributed by atoms with van der Waals surface area (Å²) in [5, 5.41) is 13.8. The molecule has 1 aliphatic heterocycles. The van der Waals surface area contributed by atoms with Crippen LogP contribution in [-0.4, -0.2) is 46.5 Å².